The zero-order valence-corrected chi connectivity index (χ0v) is 9.91. The first kappa shape index (κ1) is 13.0. The van der Waals surface area contributed by atoms with Gasteiger partial charge in [-0.2, -0.15) is 0 Å². The van der Waals surface area contributed by atoms with Crippen molar-refractivity contribution in [2.45, 2.75) is 6.92 Å². The molecule has 0 saturated heterocycles. The van der Waals surface area contributed by atoms with E-state index in [-0.39, 0.29) is 18.4 Å². The summed E-state index contributed by atoms with van der Waals surface area (Å²) in [5, 5.41) is 8.05. The molecular formula is C11H16N4O2. The molecule has 92 valence electrons. The number of hydrogen-bond acceptors (Lipinski definition) is 4. The fourth-order valence-corrected chi connectivity index (χ4v) is 1.19. The molecule has 3 N–H and O–H groups in total. The van der Waals surface area contributed by atoms with Crippen LogP contribution in [0, 0.1) is 0 Å². The predicted octanol–water partition coefficient (Wildman–Crippen LogP) is -0.0108. The van der Waals surface area contributed by atoms with Crippen LogP contribution in [0.1, 0.15) is 17.4 Å². The molecule has 0 atom stereocenters. The number of carbonyl (C=O) groups is 2. The van der Waals surface area contributed by atoms with Gasteiger partial charge < -0.3 is 16.0 Å². The van der Waals surface area contributed by atoms with Crippen molar-refractivity contribution in [2.24, 2.45) is 0 Å². The lowest BCUT2D eigenvalue weighted by Crippen LogP contribution is -2.26. The highest BCUT2D eigenvalue weighted by atomic mass is 16.2. The number of anilines is 1. The Kier molecular flexibility index (Phi) is 4.93. The lowest BCUT2D eigenvalue weighted by molar-refractivity contribution is -0.118. The summed E-state index contributed by atoms with van der Waals surface area (Å²) in [6.45, 7) is 2.55. The molecule has 0 aliphatic heterocycles. The molecule has 0 fully saturated rings. The maximum absolute atomic E-state index is 11.5. The molecule has 0 radical (unpaired) electrons. The van der Waals surface area contributed by atoms with Gasteiger partial charge in [0.25, 0.3) is 5.91 Å². The van der Waals surface area contributed by atoms with E-state index in [1.54, 1.807) is 19.2 Å². The molecule has 1 aromatic heterocycles. The Morgan fingerprint density at radius 2 is 2.18 bits per heavy atom. The minimum atomic E-state index is -0.226. The fourth-order valence-electron chi connectivity index (χ4n) is 1.19. The third kappa shape index (κ3) is 4.10. The first-order chi connectivity index (χ1) is 8.17. The van der Waals surface area contributed by atoms with Crippen LogP contribution in [-0.2, 0) is 4.79 Å². The van der Waals surface area contributed by atoms with E-state index in [0.29, 0.717) is 17.9 Å². The number of nitrogens with one attached hydrogen (secondary N) is 3. The summed E-state index contributed by atoms with van der Waals surface area (Å²) < 4.78 is 0. The smallest absolute Gasteiger partial charge is 0.269 e. The molecule has 0 spiro atoms. The minimum absolute atomic E-state index is 0.124. The molecule has 17 heavy (non-hydrogen) atoms. The van der Waals surface area contributed by atoms with Crippen LogP contribution in [0.2, 0.25) is 0 Å². The minimum Gasteiger partial charge on any atom is -0.376 e. The van der Waals surface area contributed by atoms with Crippen LogP contribution >= 0.6 is 0 Å². The fraction of sp³-hybridized carbons (Fsp3) is 0.364. The molecule has 0 saturated carbocycles. The van der Waals surface area contributed by atoms with Crippen molar-refractivity contribution in [3.63, 3.8) is 0 Å². The van der Waals surface area contributed by atoms with E-state index in [1.165, 1.54) is 6.20 Å². The summed E-state index contributed by atoms with van der Waals surface area (Å²) in [5.41, 5.74) is 1.01. The highest BCUT2D eigenvalue weighted by molar-refractivity contribution is 5.93. The van der Waals surface area contributed by atoms with Gasteiger partial charge in [0.2, 0.25) is 5.91 Å². The van der Waals surface area contributed by atoms with Crippen LogP contribution < -0.4 is 16.0 Å². The van der Waals surface area contributed by atoms with Crippen molar-refractivity contribution < 1.29 is 9.59 Å². The van der Waals surface area contributed by atoms with E-state index >= 15 is 0 Å². The van der Waals surface area contributed by atoms with E-state index in [2.05, 4.69) is 20.9 Å². The Bertz CT molecular complexity index is 406. The summed E-state index contributed by atoms with van der Waals surface area (Å²) in [4.78, 5) is 26.5. The van der Waals surface area contributed by atoms with E-state index in [9.17, 15) is 9.59 Å². The monoisotopic (exact) mass is 236 g/mol. The van der Waals surface area contributed by atoms with Gasteiger partial charge in [-0.3, -0.25) is 14.6 Å². The lowest BCUT2D eigenvalue weighted by atomic mass is 10.3. The Balaban J connectivity index is 2.65. The number of hydrogen-bond donors (Lipinski definition) is 3. The van der Waals surface area contributed by atoms with E-state index in [1.807, 2.05) is 6.92 Å². The average molecular weight is 236 g/mol. The van der Waals surface area contributed by atoms with E-state index < -0.39 is 0 Å². The van der Waals surface area contributed by atoms with Gasteiger partial charge in [-0.1, -0.05) is 0 Å². The molecule has 1 aromatic rings. The maximum atomic E-state index is 11.5. The Morgan fingerprint density at radius 1 is 1.41 bits per heavy atom. The Labute approximate surface area is 99.8 Å². The summed E-state index contributed by atoms with van der Waals surface area (Å²) in [6.07, 6.45) is 1.52. The highest BCUT2D eigenvalue weighted by Crippen LogP contribution is 2.07. The van der Waals surface area contributed by atoms with Gasteiger partial charge in [0.15, 0.2) is 0 Å². The van der Waals surface area contributed by atoms with Gasteiger partial charge in [-0.05, 0) is 19.1 Å². The van der Waals surface area contributed by atoms with Crippen LogP contribution in [0.3, 0.4) is 0 Å². The average Bonchev–Trinajstić information content (AvgIpc) is 2.36. The van der Waals surface area contributed by atoms with Crippen LogP contribution in [0.25, 0.3) is 0 Å². The highest BCUT2D eigenvalue weighted by Gasteiger charge is 2.06. The van der Waals surface area contributed by atoms with Gasteiger partial charge in [0, 0.05) is 25.5 Å². The second-order valence-corrected chi connectivity index (χ2v) is 3.32. The summed E-state index contributed by atoms with van der Waals surface area (Å²) in [5.74, 6) is -0.350. The van der Waals surface area contributed by atoms with Gasteiger partial charge in [-0.25, -0.2) is 0 Å². The van der Waals surface area contributed by atoms with Crippen LogP contribution in [-0.4, -0.2) is 36.9 Å². The van der Waals surface area contributed by atoms with Crippen molar-refractivity contribution in [3.05, 3.63) is 24.0 Å². The maximum Gasteiger partial charge on any atom is 0.269 e. The van der Waals surface area contributed by atoms with Gasteiger partial charge in [-0.15, -0.1) is 0 Å². The number of likely N-dealkylation sites (N-methyl/N-ethyl adjacent to an activating group) is 1. The largest absolute Gasteiger partial charge is 0.376 e. The molecule has 0 aliphatic carbocycles. The normalized spacial score (nSPS) is 9.53. The summed E-state index contributed by atoms with van der Waals surface area (Å²) in [7, 11) is 1.57. The van der Waals surface area contributed by atoms with Crippen LogP contribution in [0.15, 0.2) is 18.3 Å². The molecule has 2 amide bonds. The van der Waals surface area contributed by atoms with Crippen molar-refractivity contribution in [1.29, 1.82) is 0 Å². The summed E-state index contributed by atoms with van der Waals surface area (Å²) in [6, 6.07) is 3.31. The van der Waals surface area contributed by atoms with Gasteiger partial charge in [0.05, 0.1) is 6.54 Å². The predicted molar refractivity (Wildman–Crippen MR) is 64.8 cm³/mol. The zero-order chi connectivity index (χ0) is 12.7. The number of nitrogens with zero attached hydrogens (tertiary/aromatic N) is 1. The zero-order valence-electron chi connectivity index (χ0n) is 9.91. The topological polar surface area (TPSA) is 83.1 Å². The Morgan fingerprint density at radius 3 is 2.82 bits per heavy atom. The lowest BCUT2D eigenvalue weighted by Gasteiger charge is -2.07. The van der Waals surface area contributed by atoms with E-state index in [4.69, 9.17) is 0 Å². The number of carbonyl (C=O) groups excluding carboxylic acids is 2. The number of amides is 2. The second kappa shape index (κ2) is 6.47. The molecule has 0 aromatic carbocycles. The molecule has 0 bridgehead atoms. The number of aromatic nitrogens is 1. The first-order valence-electron chi connectivity index (χ1n) is 5.36. The molecule has 1 heterocycles. The van der Waals surface area contributed by atoms with Gasteiger partial charge in [0.1, 0.15) is 5.69 Å². The molecule has 6 heteroatoms. The molecule has 0 aliphatic rings. The number of pyridine rings is 1. The van der Waals surface area contributed by atoms with Crippen molar-refractivity contribution in [3.8, 4) is 0 Å². The van der Waals surface area contributed by atoms with E-state index in [0.717, 1.165) is 0 Å². The van der Waals surface area contributed by atoms with Crippen LogP contribution in [0.4, 0.5) is 5.69 Å². The second-order valence-electron chi connectivity index (χ2n) is 3.32. The third-order valence-corrected chi connectivity index (χ3v) is 2.06. The van der Waals surface area contributed by atoms with Gasteiger partial charge >= 0.3 is 0 Å². The standard InChI is InChI=1S/C11H16N4O2/c1-3-13-11(17)9-6-8(4-5-14-9)15-7-10(16)12-2/h4-6H,3,7H2,1-2H3,(H,12,16)(H,13,17)(H,14,15). The molecule has 0 unspecified atom stereocenters. The van der Waals surface area contributed by atoms with Crippen molar-refractivity contribution >= 4 is 17.5 Å². The van der Waals surface area contributed by atoms with Crippen molar-refractivity contribution in [2.75, 3.05) is 25.5 Å². The third-order valence-electron chi connectivity index (χ3n) is 2.06. The van der Waals surface area contributed by atoms with Crippen LogP contribution in [0.5, 0.6) is 0 Å². The molecule has 1 rings (SSSR count). The number of rotatable bonds is 5. The first-order valence-corrected chi connectivity index (χ1v) is 5.36. The van der Waals surface area contributed by atoms with Crippen molar-refractivity contribution in [1.82, 2.24) is 15.6 Å². The quantitative estimate of drug-likeness (QED) is 0.671. The SMILES string of the molecule is CCNC(=O)c1cc(NCC(=O)NC)ccn1. The molecular weight excluding hydrogens is 220 g/mol. The Hall–Kier alpha value is -2.11. The molecule has 6 nitrogen and oxygen atoms in total. The summed E-state index contributed by atoms with van der Waals surface area (Å²) >= 11 is 0.